The Morgan fingerprint density at radius 1 is 1.47 bits per heavy atom. The van der Waals surface area contributed by atoms with E-state index in [0.717, 1.165) is 28.2 Å². The van der Waals surface area contributed by atoms with Crippen LogP contribution in [0.5, 0.6) is 0 Å². The quantitative estimate of drug-likeness (QED) is 0.909. The highest BCUT2D eigenvalue weighted by molar-refractivity contribution is 9.10. The van der Waals surface area contributed by atoms with Gasteiger partial charge in [-0.1, -0.05) is 15.9 Å². The molecule has 0 aromatic heterocycles. The molecule has 1 aliphatic carbocycles. The van der Waals surface area contributed by atoms with E-state index in [9.17, 15) is 5.11 Å². The summed E-state index contributed by atoms with van der Waals surface area (Å²) in [5.41, 5.74) is 2.14. The van der Waals surface area contributed by atoms with E-state index in [4.69, 9.17) is 0 Å². The first-order chi connectivity index (χ1) is 7.20. The van der Waals surface area contributed by atoms with Crippen LogP contribution in [0.4, 0.5) is 5.69 Å². The Morgan fingerprint density at radius 3 is 2.80 bits per heavy atom. The van der Waals surface area contributed by atoms with Crippen molar-refractivity contribution in [1.29, 1.82) is 0 Å². The normalized spacial score (nSPS) is 15.4. The summed E-state index contributed by atoms with van der Waals surface area (Å²) in [6, 6.07) is 6.08. The standard InChI is InChI=1S/C12H16BrNO/c1-14(7-9-2-3-9)12-5-4-11(13)6-10(12)8-15/h4-6,9,15H,2-3,7-8H2,1H3. The second-order valence-corrected chi connectivity index (χ2v) is 5.17. The van der Waals surface area contributed by atoms with E-state index in [2.05, 4.69) is 33.9 Å². The monoisotopic (exact) mass is 269 g/mol. The lowest BCUT2D eigenvalue weighted by atomic mass is 10.1. The lowest BCUT2D eigenvalue weighted by Gasteiger charge is -2.22. The van der Waals surface area contributed by atoms with E-state index >= 15 is 0 Å². The van der Waals surface area contributed by atoms with Crippen LogP contribution in [0.15, 0.2) is 22.7 Å². The molecule has 0 amide bonds. The molecular formula is C12H16BrNO. The molecule has 0 saturated heterocycles. The zero-order chi connectivity index (χ0) is 10.8. The molecule has 0 unspecified atom stereocenters. The minimum atomic E-state index is 0.101. The third-order valence-electron chi connectivity index (χ3n) is 2.85. The predicted molar refractivity (Wildman–Crippen MR) is 66.1 cm³/mol. The third kappa shape index (κ3) is 2.73. The molecule has 0 atom stereocenters. The van der Waals surface area contributed by atoms with E-state index in [1.165, 1.54) is 12.8 Å². The number of nitrogens with zero attached hydrogens (tertiary/aromatic N) is 1. The first kappa shape index (κ1) is 11.0. The Kier molecular flexibility index (Phi) is 3.32. The number of rotatable bonds is 4. The first-order valence-electron chi connectivity index (χ1n) is 5.31. The first-order valence-corrected chi connectivity index (χ1v) is 6.10. The molecule has 15 heavy (non-hydrogen) atoms. The van der Waals surface area contributed by atoms with Crippen molar-refractivity contribution in [3.05, 3.63) is 28.2 Å². The Labute approximate surface area is 99.0 Å². The van der Waals surface area contributed by atoms with E-state index in [-0.39, 0.29) is 6.61 Å². The summed E-state index contributed by atoms with van der Waals surface area (Å²) in [5, 5.41) is 9.29. The van der Waals surface area contributed by atoms with Crippen molar-refractivity contribution in [3.63, 3.8) is 0 Å². The van der Waals surface area contributed by atoms with Crippen LogP contribution < -0.4 is 4.90 Å². The number of anilines is 1. The zero-order valence-corrected chi connectivity index (χ0v) is 10.5. The van der Waals surface area contributed by atoms with Gasteiger partial charge in [0.1, 0.15) is 0 Å². The SMILES string of the molecule is CN(CC1CC1)c1ccc(Br)cc1CO. The van der Waals surface area contributed by atoms with Gasteiger partial charge in [-0.2, -0.15) is 0 Å². The van der Waals surface area contributed by atoms with Crippen molar-refractivity contribution in [3.8, 4) is 0 Å². The molecular weight excluding hydrogens is 254 g/mol. The van der Waals surface area contributed by atoms with Gasteiger partial charge in [0.25, 0.3) is 0 Å². The van der Waals surface area contributed by atoms with Gasteiger partial charge in [-0.3, -0.25) is 0 Å². The zero-order valence-electron chi connectivity index (χ0n) is 8.91. The molecule has 2 nitrogen and oxygen atoms in total. The number of hydrogen-bond donors (Lipinski definition) is 1. The molecule has 1 saturated carbocycles. The van der Waals surface area contributed by atoms with Gasteiger partial charge in [0.05, 0.1) is 6.61 Å². The highest BCUT2D eigenvalue weighted by Crippen LogP contribution is 2.32. The predicted octanol–water partition coefficient (Wildman–Crippen LogP) is 2.79. The molecule has 1 fully saturated rings. The van der Waals surface area contributed by atoms with Gasteiger partial charge in [0.2, 0.25) is 0 Å². The summed E-state index contributed by atoms with van der Waals surface area (Å²) in [6.07, 6.45) is 2.71. The summed E-state index contributed by atoms with van der Waals surface area (Å²) in [7, 11) is 2.10. The van der Waals surface area contributed by atoms with E-state index < -0.39 is 0 Å². The van der Waals surface area contributed by atoms with E-state index in [1.54, 1.807) is 0 Å². The molecule has 0 radical (unpaired) electrons. The summed E-state index contributed by atoms with van der Waals surface area (Å²) in [5.74, 6) is 0.866. The fourth-order valence-corrected chi connectivity index (χ4v) is 2.25. The molecule has 1 aliphatic rings. The lowest BCUT2D eigenvalue weighted by Crippen LogP contribution is -2.21. The van der Waals surface area contributed by atoms with Crippen LogP contribution in [-0.4, -0.2) is 18.7 Å². The number of aliphatic hydroxyl groups excluding tert-OH is 1. The largest absolute Gasteiger partial charge is 0.392 e. The van der Waals surface area contributed by atoms with E-state index in [1.807, 2.05) is 12.1 Å². The van der Waals surface area contributed by atoms with Gasteiger partial charge >= 0.3 is 0 Å². The highest BCUT2D eigenvalue weighted by Gasteiger charge is 2.23. The summed E-state index contributed by atoms with van der Waals surface area (Å²) in [6.45, 7) is 1.21. The summed E-state index contributed by atoms with van der Waals surface area (Å²) in [4.78, 5) is 2.25. The average molecular weight is 270 g/mol. The fraction of sp³-hybridized carbons (Fsp3) is 0.500. The molecule has 82 valence electrons. The molecule has 0 spiro atoms. The van der Waals surface area contributed by atoms with Crippen molar-refractivity contribution in [1.82, 2.24) is 0 Å². The van der Waals surface area contributed by atoms with Crippen LogP contribution in [-0.2, 0) is 6.61 Å². The molecule has 0 bridgehead atoms. The van der Waals surface area contributed by atoms with E-state index in [0.29, 0.717) is 0 Å². The van der Waals surface area contributed by atoms with Crippen molar-refractivity contribution < 1.29 is 5.11 Å². The van der Waals surface area contributed by atoms with Crippen LogP contribution in [0.2, 0.25) is 0 Å². The molecule has 0 aliphatic heterocycles. The van der Waals surface area contributed by atoms with Gasteiger partial charge in [0, 0.05) is 29.3 Å². The maximum absolute atomic E-state index is 9.29. The van der Waals surface area contributed by atoms with Gasteiger partial charge < -0.3 is 10.0 Å². The second-order valence-electron chi connectivity index (χ2n) is 4.26. The van der Waals surface area contributed by atoms with Crippen LogP contribution >= 0.6 is 15.9 Å². The minimum absolute atomic E-state index is 0.101. The smallest absolute Gasteiger partial charge is 0.0702 e. The number of benzene rings is 1. The van der Waals surface area contributed by atoms with Crippen molar-refractivity contribution in [2.24, 2.45) is 5.92 Å². The number of aliphatic hydroxyl groups is 1. The number of hydrogen-bond acceptors (Lipinski definition) is 2. The molecule has 1 aromatic carbocycles. The lowest BCUT2D eigenvalue weighted by molar-refractivity contribution is 0.282. The molecule has 0 heterocycles. The topological polar surface area (TPSA) is 23.5 Å². The van der Waals surface area contributed by atoms with Gasteiger partial charge in [-0.15, -0.1) is 0 Å². The summed E-state index contributed by atoms with van der Waals surface area (Å²) >= 11 is 3.42. The van der Waals surface area contributed by atoms with Crippen LogP contribution in [0.1, 0.15) is 18.4 Å². The highest BCUT2D eigenvalue weighted by atomic mass is 79.9. The average Bonchev–Trinajstić information content (AvgIpc) is 3.01. The fourth-order valence-electron chi connectivity index (χ4n) is 1.84. The van der Waals surface area contributed by atoms with Gasteiger partial charge in [-0.25, -0.2) is 0 Å². The molecule has 1 aromatic rings. The van der Waals surface area contributed by atoms with Gasteiger partial charge in [0.15, 0.2) is 0 Å². The molecule has 2 rings (SSSR count). The van der Waals surface area contributed by atoms with Crippen molar-refractivity contribution in [2.45, 2.75) is 19.4 Å². The Hall–Kier alpha value is -0.540. The third-order valence-corrected chi connectivity index (χ3v) is 3.35. The van der Waals surface area contributed by atoms with Crippen molar-refractivity contribution >= 4 is 21.6 Å². The Morgan fingerprint density at radius 2 is 2.20 bits per heavy atom. The second kappa shape index (κ2) is 4.54. The molecule has 1 N–H and O–H groups in total. The maximum atomic E-state index is 9.29. The van der Waals surface area contributed by atoms with Crippen molar-refractivity contribution in [2.75, 3.05) is 18.5 Å². The van der Waals surface area contributed by atoms with Crippen LogP contribution in [0, 0.1) is 5.92 Å². The summed E-state index contributed by atoms with van der Waals surface area (Å²) < 4.78 is 1.02. The van der Waals surface area contributed by atoms with Crippen LogP contribution in [0.25, 0.3) is 0 Å². The molecule has 3 heteroatoms. The minimum Gasteiger partial charge on any atom is -0.392 e. The van der Waals surface area contributed by atoms with Gasteiger partial charge in [-0.05, 0) is 37.0 Å². The Balaban J connectivity index is 2.17. The van der Waals surface area contributed by atoms with Crippen LogP contribution in [0.3, 0.4) is 0 Å². The Bertz CT molecular complexity index is 349. The number of halogens is 1. The maximum Gasteiger partial charge on any atom is 0.0702 e.